The number of hydrogen-bond acceptors (Lipinski definition) is 5. The zero-order valence-electron chi connectivity index (χ0n) is 12.4. The maximum Gasteiger partial charge on any atom is 0.138 e. The number of nitriles is 1. The highest BCUT2D eigenvalue weighted by Gasteiger charge is 2.41. The first-order valence-electron chi connectivity index (χ1n) is 7.61. The van der Waals surface area contributed by atoms with Crippen molar-refractivity contribution in [2.24, 2.45) is 0 Å². The van der Waals surface area contributed by atoms with Gasteiger partial charge in [-0.1, -0.05) is 30.3 Å². The Morgan fingerprint density at radius 1 is 1.09 bits per heavy atom. The first-order valence-corrected chi connectivity index (χ1v) is 8.43. The molecule has 1 N–H and O–H groups in total. The van der Waals surface area contributed by atoms with Crippen LogP contribution in [0.25, 0.3) is 0 Å². The summed E-state index contributed by atoms with van der Waals surface area (Å²) in [5.74, 6) is 0. The topological polar surface area (TPSA) is 54.3 Å². The van der Waals surface area contributed by atoms with Gasteiger partial charge in [0.2, 0.25) is 0 Å². The molecular weight excluding hydrogens is 308 g/mol. The summed E-state index contributed by atoms with van der Waals surface area (Å²) in [5, 5.41) is 14.6. The van der Waals surface area contributed by atoms with E-state index in [1.54, 1.807) is 0 Å². The number of hydrogen-bond donors (Lipinski definition) is 1. The molecule has 116 valence electrons. The standard InChI is InChI=1S/C18H16N2O2S/c19-11-23-13-6-7-15-14(10-13)17-18(22-9-8-21-17)16(20-15)12-4-2-1-3-5-12/h1-7,10,16-18,20H,8-9H2. The molecule has 5 heteroatoms. The van der Waals surface area contributed by atoms with Crippen molar-refractivity contribution < 1.29 is 9.47 Å². The van der Waals surface area contributed by atoms with Crippen molar-refractivity contribution in [2.45, 2.75) is 23.1 Å². The van der Waals surface area contributed by atoms with Crippen LogP contribution in [0.15, 0.2) is 53.4 Å². The van der Waals surface area contributed by atoms with Crippen LogP contribution >= 0.6 is 11.8 Å². The molecule has 2 aliphatic heterocycles. The van der Waals surface area contributed by atoms with Crippen LogP contribution in [0.1, 0.15) is 23.3 Å². The van der Waals surface area contributed by atoms with Gasteiger partial charge in [0.15, 0.2) is 0 Å². The smallest absolute Gasteiger partial charge is 0.138 e. The molecule has 1 fully saturated rings. The number of nitrogens with zero attached hydrogens (tertiary/aromatic N) is 1. The lowest BCUT2D eigenvalue weighted by atomic mass is 9.88. The highest BCUT2D eigenvalue weighted by molar-refractivity contribution is 8.03. The number of anilines is 1. The van der Waals surface area contributed by atoms with Crippen molar-refractivity contribution in [1.29, 1.82) is 5.26 Å². The van der Waals surface area contributed by atoms with Crippen LogP contribution < -0.4 is 5.32 Å². The fraction of sp³-hybridized carbons (Fsp3) is 0.278. The second-order valence-electron chi connectivity index (χ2n) is 5.60. The highest BCUT2D eigenvalue weighted by Crippen LogP contribution is 2.45. The van der Waals surface area contributed by atoms with E-state index in [0.29, 0.717) is 13.2 Å². The third kappa shape index (κ3) is 2.70. The summed E-state index contributed by atoms with van der Waals surface area (Å²) in [6.07, 6.45) is -0.176. The maximum absolute atomic E-state index is 8.89. The SMILES string of the molecule is N#CSc1ccc2c(c1)C1OCCOC1C(c1ccccc1)N2. The number of rotatable bonds is 2. The van der Waals surface area contributed by atoms with Crippen molar-refractivity contribution in [3.63, 3.8) is 0 Å². The third-order valence-electron chi connectivity index (χ3n) is 4.28. The quantitative estimate of drug-likeness (QED) is 0.671. The Kier molecular flexibility index (Phi) is 3.96. The molecule has 0 radical (unpaired) electrons. The molecule has 2 aliphatic rings. The van der Waals surface area contributed by atoms with Crippen LogP contribution in [0.5, 0.6) is 0 Å². The molecule has 0 bridgehead atoms. The summed E-state index contributed by atoms with van der Waals surface area (Å²) in [5.41, 5.74) is 3.31. The number of fused-ring (bicyclic) bond motifs is 3. The Hall–Kier alpha value is -2.00. The van der Waals surface area contributed by atoms with E-state index in [4.69, 9.17) is 14.7 Å². The van der Waals surface area contributed by atoms with Crippen LogP contribution in [0, 0.1) is 10.7 Å². The predicted octanol–water partition coefficient (Wildman–Crippen LogP) is 3.88. The van der Waals surface area contributed by atoms with Gasteiger partial charge >= 0.3 is 0 Å². The van der Waals surface area contributed by atoms with E-state index in [2.05, 4.69) is 22.9 Å². The van der Waals surface area contributed by atoms with Crippen LogP contribution in [0.4, 0.5) is 5.69 Å². The number of ether oxygens (including phenoxy) is 2. The molecule has 1 saturated heterocycles. The van der Waals surface area contributed by atoms with Gasteiger partial charge in [-0.3, -0.25) is 0 Å². The molecule has 2 aromatic rings. The molecule has 0 aliphatic carbocycles. The maximum atomic E-state index is 8.89. The van der Waals surface area contributed by atoms with E-state index in [1.807, 2.05) is 36.4 Å². The molecule has 23 heavy (non-hydrogen) atoms. The van der Waals surface area contributed by atoms with Gasteiger partial charge in [-0.25, -0.2) is 0 Å². The Morgan fingerprint density at radius 3 is 2.74 bits per heavy atom. The molecule has 3 atom stereocenters. The summed E-state index contributed by atoms with van der Waals surface area (Å²) in [6, 6.07) is 16.4. The first kappa shape index (κ1) is 14.6. The van der Waals surface area contributed by atoms with Crippen molar-refractivity contribution in [2.75, 3.05) is 18.5 Å². The minimum Gasteiger partial charge on any atom is -0.375 e. The zero-order valence-corrected chi connectivity index (χ0v) is 13.3. The molecule has 2 heterocycles. The Balaban J connectivity index is 1.75. The Bertz CT molecular complexity index is 744. The zero-order chi connectivity index (χ0) is 15.6. The second-order valence-corrected chi connectivity index (χ2v) is 6.46. The van der Waals surface area contributed by atoms with E-state index in [-0.39, 0.29) is 18.2 Å². The fourth-order valence-electron chi connectivity index (χ4n) is 3.29. The Morgan fingerprint density at radius 2 is 1.91 bits per heavy atom. The fourth-order valence-corrected chi connectivity index (χ4v) is 3.71. The van der Waals surface area contributed by atoms with Gasteiger partial charge < -0.3 is 14.8 Å². The molecule has 4 rings (SSSR count). The van der Waals surface area contributed by atoms with E-state index >= 15 is 0 Å². The predicted molar refractivity (Wildman–Crippen MR) is 89.2 cm³/mol. The molecule has 0 saturated carbocycles. The number of thioether (sulfide) groups is 1. The van der Waals surface area contributed by atoms with Gasteiger partial charge in [0.1, 0.15) is 17.6 Å². The molecule has 0 amide bonds. The summed E-state index contributed by atoms with van der Waals surface area (Å²) >= 11 is 1.17. The minimum absolute atomic E-state index is 0.0588. The van der Waals surface area contributed by atoms with Gasteiger partial charge in [0, 0.05) is 16.1 Å². The van der Waals surface area contributed by atoms with Crippen molar-refractivity contribution in [3.8, 4) is 5.40 Å². The van der Waals surface area contributed by atoms with Crippen LogP contribution in [0.2, 0.25) is 0 Å². The number of benzene rings is 2. The molecule has 4 nitrogen and oxygen atoms in total. The van der Waals surface area contributed by atoms with Crippen molar-refractivity contribution in [1.82, 2.24) is 0 Å². The van der Waals surface area contributed by atoms with Crippen LogP contribution in [-0.4, -0.2) is 19.3 Å². The molecule has 0 aromatic heterocycles. The summed E-state index contributed by atoms with van der Waals surface area (Å²) in [7, 11) is 0. The van der Waals surface area contributed by atoms with Gasteiger partial charge in [0.05, 0.1) is 19.3 Å². The van der Waals surface area contributed by atoms with Gasteiger partial charge in [0.25, 0.3) is 0 Å². The van der Waals surface area contributed by atoms with Crippen molar-refractivity contribution in [3.05, 3.63) is 59.7 Å². The second kappa shape index (κ2) is 6.25. The van der Waals surface area contributed by atoms with Crippen molar-refractivity contribution >= 4 is 17.4 Å². The van der Waals surface area contributed by atoms with E-state index in [0.717, 1.165) is 16.1 Å². The normalized spacial score (nSPS) is 25.6. The average Bonchev–Trinajstić information content (AvgIpc) is 2.62. The first-order chi connectivity index (χ1) is 11.4. The van der Waals surface area contributed by atoms with Gasteiger partial charge in [-0.2, -0.15) is 5.26 Å². The van der Waals surface area contributed by atoms with E-state index in [9.17, 15) is 0 Å². The largest absolute Gasteiger partial charge is 0.375 e. The summed E-state index contributed by atoms with van der Waals surface area (Å²) in [6.45, 7) is 1.20. The number of thiocyanates is 1. The van der Waals surface area contributed by atoms with Gasteiger partial charge in [-0.15, -0.1) is 0 Å². The average molecular weight is 324 g/mol. The Labute approximate surface area is 139 Å². The molecule has 0 spiro atoms. The lowest BCUT2D eigenvalue weighted by molar-refractivity contribution is -0.151. The molecule has 2 aromatic carbocycles. The van der Waals surface area contributed by atoms with Crippen LogP contribution in [0.3, 0.4) is 0 Å². The van der Waals surface area contributed by atoms with Crippen LogP contribution in [-0.2, 0) is 9.47 Å². The molecular formula is C18H16N2O2S. The lowest BCUT2D eigenvalue weighted by Gasteiger charge is -2.43. The molecule has 3 unspecified atom stereocenters. The minimum atomic E-state index is -0.107. The van der Waals surface area contributed by atoms with Gasteiger partial charge in [-0.05, 0) is 35.5 Å². The monoisotopic (exact) mass is 324 g/mol. The highest BCUT2D eigenvalue weighted by atomic mass is 32.2. The summed E-state index contributed by atoms with van der Waals surface area (Å²) in [4.78, 5) is 0.930. The lowest BCUT2D eigenvalue weighted by Crippen LogP contribution is -2.43. The van der Waals surface area contributed by atoms with E-state index < -0.39 is 0 Å². The number of nitrogens with one attached hydrogen (secondary N) is 1. The summed E-state index contributed by atoms with van der Waals surface area (Å²) < 4.78 is 12.1. The third-order valence-corrected chi connectivity index (χ3v) is 4.86. The van der Waals surface area contributed by atoms with E-state index in [1.165, 1.54) is 17.3 Å².